The molecule has 2 heterocycles. The topological polar surface area (TPSA) is 61.0 Å². The van der Waals surface area contributed by atoms with E-state index in [1.807, 2.05) is 19.2 Å². The first-order valence-corrected chi connectivity index (χ1v) is 5.92. The molecule has 0 spiro atoms. The smallest absolute Gasteiger partial charge is 0.131 e. The minimum absolute atomic E-state index is 0.144. The highest BCUT2D eigenvalue weighted by atomic mass is 16.5. The summed E-state index contributed by atoms with van der Waals surface area (Å²) in [4.78, 5) is 8.78. The number of hydrogen-bond acceptors (Lipinski definition) is 4. The van der Waals surface area contributed by atoms with E-state index in [1.54, 1.807) is 0 Å². The number of ether oxygens (including phenoxy) is 1. The molecule has 2 rings (SSSR count). The predicted octanol–water partition coefficient (Wildman–Crippen LogP) is 1.09. The molecule has 88 valence electrons. The third-order valence-corrected chi connectivity index (χ3v) is 2.73. The van der Waals surface area contributed by atoms with Crippen LogP contribution in [-0.2, 0) is 17.6 Å². The van der Waals surface area contributed by atoms with Gasteiger partial charge in [-0.1, -0.05) is 0 Å². The quantitative estimate of drug-likeness (QED) is 0.826. The van der Waals surface area contributed by atoms with Crippen LogP contribution in [0.25, 0.3) is 0 Å². The van der Waals surface area contributed by atoms with E-state index in [2.05, 4.69) is 9.97 Å². The third kappa shape index (κ3) is 3.25. The average molecular weight is 221 g/mol. The second-order valence-electron chi connectivity index (χ2n) is 4.48. The number of hydrogen-bond donors (Lipinski definition) is 1. The lowest BCUT2D eigenvalue weighted by molar-refractivity contribution is 0.110. The standard InChI is InChI=1S/C12H19N3O/c1-9(13)7-10-4-5-14-12(15-10)8-11-3-2-6-16-11/h4-5,9,11H,2-3,6-8,13H2,1H3. The minimum atomic E-state index is 0.144. The largest absolute Gasteiger partial charge is 0.378 e. The molecule has 4 heteroatoms. The van der Waals surface area contributed by atoms with Crippen LogP contribution in [0.3, 0.4) is 0 Å². The maximum atomic E-state index is 5.75. The summed E-state index contributed by atoms with van der Waals surface area (Å²) in [5.41, 5.74) is 6.78. The molecular formula is C12H19N3O. The Morgan fingerprint density at radius 2 is 2.50 bits per heavy atom. The Balaban J connectivity index is 1.97. The molecular weight excluding hydrogens is 202 g/mol. The van der Waals surface area contributed by atoms with Crippen molar-refractivity contribution in [2.75, 3.05) is 6.61 Å². The van der Waals surface area contributed by atoms with Crippen LogP contribution in [0.1, 0.15) is 31.3 Å². The van der Waals surface area contributed by atoms with Gasteiger partial charge in [0.05, 0.1) is 6.10 Å². The van der Waals surface area contributed by atoms with Crippen molar-refractivity contribution >= 4 is 0 Å². The van der Waals surface area contributed by atoms with E-state index in [4.69, 9.17) is 10.5 Å². The second kappa shape index (κ2) is 5.37. The van der Waals surface area contributed by atoms with Gasteiger partial charge in [-0.3, -0.25) is 0 Å². The first-order chi connectivity index (χ1) is 7.74. The maximum Gasteiger partial charge on any atom is 0.131 e. The van der Waals surface area contributed by atoms with Gasteiger partial charge in [-0.05, 0) is 25.8 Å². The molecule has 4 nitrogen and oxygen atoms in total. The molecule has 1 aromatic heterocycles. The number of nitrogens with two attached hydrogens (primary N) is 1. The molecule has 2 atom stereocenters. The van der Waals surface area contributed by atoms with Crippen molar-refractivity contribution in [1.82, 2.24) is 9.97 Å². The molecule has 2 unspecified atom stereocenters. The van der Waals surface area contributed by atoms with Crippen LogP contribution in [0, 0.1) is 0 Å². The number of aromatic nitrogens is 2. The molecule has 1 fully saturated rings. The Bertz CT molecular complexity index is 335. The number of rotatable bonds is 4. The van der Waals surface area contributed by atoms with E-state index in [0.29, 0.717) is 6.10 Å². The van der Waals surface area contributed by atoms with Crippen LogP contribution < -0.4 is 5.73 Å². The third-order valence-electron chi connectivity index (χ3n) is 2.73. The van der Waals surface area contributed by atoms with Crippen molar-refractivity contribution in [1.29, 1.82) is 0 Å². The van der Waals surface area contributed by atoms with Gasteiger partial charge in [0.15, 0.2) is 0 Å². The first kappa shape index (κ1) is 11.5. The summed E-state index contributed by atoms with van der Waals surface area (Å²) in [6.45, 7) is 2.87. The molecule has 0 amide bonds. The summed E-state index contributed by atoms with van der Waals surface area (Å²) in [7, 11) is 0. The van der Waals surface area contributed by atoms with E-state index in [0.717, 1.165) is 43.8 Å². The van der Waals surface area contributed by atoms with E-state index >= 15 is 0 Å². The van der Waals surface area contributed by atoms with Crippen LogP contribution in [0.15, 0.2) is 12.3 Å². The summed E-state index contributed by atoms with van der Waals surface area (Å²) in [6.07, 6.45) is 6.04. The predicted molar refractivity (Wildman–Crippen MR) is 62.1 cm³/mol. The molecule has 16 heavy (non-hydrogen) atoms. The van der Waals surface area contributed by atoms with E-state index in [9.17, 15) is 0 Å². The highest BCUT2D eigenvalue weighted by Crippen LogP contribution is 2.15. The van der Waals surface area contributed by atoms with Crippen LogP contribution in [0.2, 0.25) is 0 Å². The number of nitrogens with zero attached hydrogens (tertiary/aromatic N) is 2. The zero-order valence-electron chi connectivity index (χ0n) is 9.72. The normalized spacial score (nSPS) is 22.2. The van der Waals surface area contributed by atoms with Crippen LogP contribution in [0.4, 0.5) is 0 Å². The summed E-state index contributed by atoms with van der Waals surface area (Å²) >= 11 is 0. The van der Waals surface area contributed by atoms with Gasteiger partial charge >= 0.3 is 0 Å². The van der Waals surface area contributed by atoms with Crippen LogP contribution >= 0.6 is 0 Å². The van der Waals surface area contributed by atoms with Crippen LogP contribution in [-0.4, -0.2) is 28.7 Å². The first-order valence-electron chi connectivity index (χ1n) is 5.92. The summed E-state index contributed by atoms with van der Waals surface area (Å²) in [5, 5.41) is 0. The molecule has 0 radical (unpaired) electrons. The maximum absolute atomic E-state index is 5.75. The summed E-state index contributed by atoms with van der Waals surface area (Å²) in [6, 6.07) is 2.08. The van der Waals surface area contributed by atoms with Crippen LogP contribution in [0.5, 0.6) is 0 Å². The van der Waals surface area contributed by atoms with Crippen molar-refractivity contribution in [3.8, 4) is 0 Å². The van der Waals surface area contributed by atoms with Crippen molar-refractivity contribution in [3.05, 3.63) is 23.8 Å². The van der Waals surface area contributed by atoms with Gasteiger partial charge in [-0.25, -0.2) is 9.97 Å². The van der Waals surface area contributed by atoms with Gasteiger partial charge in [0, 0.05) is 37.4 Å². The zero-order chi connectivity index (χ0) is 11.4. The van der Waals surface area contributed by atoms with Gasteiger partial charge < -0.3 is 10.5 Å². The molecule has 2 N–H and O–H groups in total. The van der Waals surface area contributed by atoms with Crippen molar-refractivity contribution in [3.63, 3.8) is 0 Å². The summed E-state index contributed by atoms with van der Waals surface area (Å²) < 4.78 is 5.57. The monoisotopic (exact) mass is 221 g/mol. The fourth-order valence-electron chi connectivity index (χ4n) is 1.99. The molecule has 1 aliphatic heterocycles. The fraction of sp³-hybridized carbons (Fsp3) is 0.667. The Morgan fingerprint density at radius 3 is 3.19 bits per heavy atom. The molecule has 0 aliphatic carbocycles. The second-order valence-corrected chi connectivity index (χ2v) is 4.48. The molecule has 0 aromatic carbocycles. The zero-order valence-corrected chi connectivity index (χ0v) is 9.72. The summed E-state index contributed by atoms with van der Waals surface area (Å²) in [5.74, 6) is 0.880. The van der Waals surface area contributed by atoms with Gasteiger partial charge in [0.2, 0.25) is 0 Å². The lowest BCUT2D eigenvalue weighted by atomic mass is 10.1. The SMILES string of the molecule is CC(N)Cc1ccnc(CC2CCCO2)n1. The average Bonchev–Trinajstić information content (AvgIpc) is 2.70. The van der Waals surface area contributed by atoms with Gasteiger partial charge in [0.25, 0.3) is 0 Å². The Hall–Kier alpha value is -1.00. The molecule has 1 aromatic rings. The van der Waals surface area contributed by atoms with Crippen molar-refractivity contribution in [2.24, 2.45) is 5.73 Å². The van der Waals surface area contributed by atoms with E-state index in [-0.39, 0.29) is 6.04 Å². The Morgan fingerprint density at radius 1 is 1.62 bits per heavy atom. The van der Waals surface area contributed by atoms with Gasteiger partial charge in [-0.2, -0.15) is 0 Å². The molecule has 0 bridgehead atoms. The molecule has 1 saturated heterocycles. The van der Waals surface area contributed by atoms with E-state index < -0.39 is 0 Å². The van der Waals surface area contributed by atoms with Gasteiger partial charge in [0.1, 0.15) is 5.82 Å². The molecule has 1 aliphatic rings. The Labute approximate surface area is 96.2 Å². The fourth-order valence-corrected chi connectivity index (χ4v) is 1.99. The lowest BCUT2D eigenvalue weighted by Crippen LogP contribution is -2.19. The van der Waals surface area contributed by atoms with E-state index in [1.165, 1.54) is 0 Å². The Kier molecular flexibility index (Phi) is 3.85. The lowest BCUT2D eigenvalue weighted by Gasteiger charge is -2.09. The van der Waals surface area contributed by atoms with Crippen molar-refractivity contribution in [2.45, 2.75) is 44.8 Å². The minimum Gasteiger partial charge on any atom is -0.378 e. The highest BCUT2D eigenvalue weighted by molar-refractivity contribution is 5.04. The van der Waals surface area contributed by atoms with Crippen molar-refractivity contribution < 1.29 is 4.74 Å². The van der Waals surface area contributed by atoms with Gasteiger partial charge in [-0.15, -0.1) is 0 Å². The molecule has 0 saturated carbocycles. The highest BCUT2D eigenvalue weighted by Gasteiger charge is 2.17.